The maximum Gasteiger partial charge on any atom is 0.303 e. The standard InChI is InChI=1S/C26H32FN5O3/c1-19-22(18-28-2)23(30-17-20-9-6-7-12-29-20)11-13-32(19)25-16-21(15-24(27)31-25)35-14-8-4-3-5-10-26(33)34/h6-7,9,12,15-16,18-19H,2-5,8,10-11,13-14,17H2,1H3,(H,33,34). The topological polar surface area (TPSA) is 100 Å². The maximum absolute atomic E-state index is 14.3. The molecule has 1 unspecified atom stereocenters. The van der Waals surface area contributed by atoms with E-state index >= 15 is 0 Å². The molecule has 2 aromatic rings. The summed E-state index contributed by atoms with van der Waals surface area (Å²) in [6.45, 7) is 7.14. The number of hydrogen-bond acceptors (Lipinski definition) is 7. The van der Waals surface area contributed by atoms with E-state index in [0.29, 0.717) is 44.1 Å². The molecule has 0 radical (unpaired) electrons. The van der Waals surface area contributed by atoms with Crippen LogP contribution in [0.5, 0.6) is 5.75 Å². The molecule has 3 heterocycles. The summed E-state index contributed by atoms with van der Waals surface area (Å²) in [5.41, 5.74) is 2.73. The van der Waals surface area contributed by atoms with Gasteiger partial charge in [-0.25, -0.2) is 4.98 Å². The summed E-state index contributed by atoms with van der Waals surface area (Å²) in [5.74, 6) is -0.463. The lowest BCUT2D eigenvalue weighted by atomic mass is 9.95. The molecule has 1 fully saturated rings. The summed E-state index contributed by atoms with van der Waals surface area (Å²) in [7, 11) is 0. The number of aliphatic imine (C=N–C) groups is 2. The molecule has 0 aliphatic carbocycles. The van der Waals surface area contributed by atoms with Crippen LogP contribution in [0.2, 0.25) is 0 Å². The molecule has 1 N–H and O–H groups in total. The minimum atomic E-state index is -0.776. The Morgan fingerprint density at radius 2 is 2.14 bits per heavy atom. The van der Waals surface area contributed by atoms with Gasteiger partial charge in [-0.1, -0.05) is 18.9 Å². The number of aromatic nitrogens is 2. The first-order valence-corrected chi connectivity index (χ1v) is 11.9. The van der Waals surface area contributed by atoms with Crippen molar-refractivity contribution in [2.75, 3.05) is 18.1 Å². The lowest BCUT2D eigenvalue weighted by Crippen LogP contribution is -2.43. The van der Waals surface area contributed by atoms with Crippen molar-refractivity contribution in [3.8, 4) is 5.75 Å². The SMILES string of the molecule is C=NC=C1C(=NCc2ccccn2)CCN(c2cc(OCCCCCCC(=O)O)cc(F)n2)C1C. The summed E-state index contributed by atoms with van der Waals surface area (Å²) in [4.78, 5) is 29.8. The quantitative estimate of drug-likeness (QED) is 0.264. The number of nitrogens with zero attached hydrogens (tertiary/aromatic N) is 5. The second-order valence-electron chi connectivity index (χ2n) is 8.36. The number of unbranched alkanes of at least 4 members (excludes halogenated alkanes) is 3. The van der Waals surface area contributed by atoms with E-state index in [4.69, 9.17) is 14.8 Å². The molecule has 3 rings (SSSR count). The van der Waals surface area contributed by atoms with Crippen molar-refractivity contribution in [3.63, 3.8) is 0 Å². The molecule has 2 aromatic heterocycles. The van der Waals surface area contributed by atoms with E-state index in [0.717, 1.165) is 36.2 Å². The Kier molecular flexibility index (Phi) is 9.89. The van der Waals surface area contributed by atoms with Crippen molar-refractivity contribution in [2.45, 2.75) is 58.0 Å². The van der Waals surface area contributed by atoms with Crippen LogP contribution in [0, 0.1) is 5.95 Å². The zero-order valence-electron chi connectivity index (χ0n) is 20.1. The first-order chi connectivity index (χ1) is 17.0. The monoisotopic (exact) mass is 481 g/mol. The van der Waals surface area contributed by atoms with Crippen LogP contribution in [-0.4, -0.2) is 52.7 Å². The van der Waals surface area contributed by atoms with Gasteiger partial charge in [0.15, 0.2) is 0 Å². The summed E-state index contributed by atoms with van der Waals surface area (Å²) in [6.07, 6.45) is 7.40. The number of carboxylic acids is 1. The highest BCUT2D eigenvalue weighted by Gasteiger charge is 2.29. The molecular weight excluding hydrogens is 449 g/mol. The van der Waals surface area contributed by atoms with Crippen molar-refractivity contribution < 1.29 is 19.0 Å². The summed E-state index contributed by atoms with van der Waals surface area (Å²) >= 11 is 0. The van der Waals surface area contributed by atoms with Crippen LogP contribution in [0.25, 0.3) is 0 Å². The van der Waals surface area contributed by atoms with E-state index in [2.05, 4.69) is 21.7 Å². The van der Waals surface area contributed by atoms with Gasteiger partial charge in [-0.3, -0.25) is 19.8 Å². The molecule has 0 amide bonds. The molecule has 186 valence electrons. The van der Waals surface area contributed by atoms with Gasteiger partial charge >= 0.3 is 5.97 Å². The predicted molar refractivity (Wildman–Crippen MR) is 135 cm³/mol. The number of halogens is 1. The number of rotatable bonds is 12. The fraction of sp³-hybridized carbons (Fsp3) is 0.423. The Hall–Kier alpha value is -3.62. The molecule has 8 nitrogen and oxygen atoms in total. The number of pyridine rings is 2. The van der Waals surface area contributed by atoms with E-state index in [-0.39, 0.29) is 12.5 Å². The van der Waals surface area contributed by atoms with Crippen LogP contribution in [0.1, 0.15) is 51.1 Å². The zero-order chi connectivity index (χ0) is 25.0. The molecule has 0 bridgehead atoms. The molecule has 0 spiro atoms. The largest absolute Gasteiger partial charge is 0.493 e. The number of carboxylic acid groups (broad SMARTS) is 1. The van der Waals surface area contributed by atoms with Crippen molar-refractivity contribution >= 4 is 24.2 Å². The fourth-order valence-corrected chi connectivity index (χ4v) is 4.02. The average molecular weight is 482 g/mol. The Bertz CT molecular complexity index is 1060. The van der Waals surface area contributed by atoms with Crippen LogP contribution in [0.15, 0.2) is 58.3 Å². The van der Waals surface area contributed by atoms with E-state index in [1.54, 1.807) is 18.5 Å². The third kappa shape index (κ3) is 7.98. The molecule has 0 saturated carbocycles. The maximum atomic E-state index is 14.3. The second-order valence-corrected chi connectivity index (χ2v) is 8.36. The molecule has 1 aliphatic rings. The lowest BCUT2D eigenvalue weighted by Gasteiger charge is -2.37. The highest BCUT2D eigenvalue weighted by Crippen LogP contribution is 2.29. The van der Waals surface area contributed by atoms with Gasteiger partial charge < -0.3 is 14.7 Å². The van der Waals surface area contributed by atoms with Gasteiger partial charge in [-0.05, 0) is 38.6 Å². The normalized spacial score (nSPS) is 18.1. The zero-order valence-corrected chi connectivity index (χ0v) is 20.1. The number of aliphatic carboxylic acids is 1. The third-order valence-corrected chi connectivity index (χ3v) is 5.83. The average Bonchev–Trinajstić information content (AvgIpc) is 2.84. The Balaban J connectivity index is 1.64. The summed E-state index contributed by atoms with van der Waals surface area (Å²) in [6, 6.07) is 8.64. The van der Waals surface area contributed by atoms with Crippen LogP contribution in [-0.2, 0) is 11.3 Å². The minimum absolute atomic E-state index is 0.131. The minimum Gasteiger partial charge on any atom is -0.493 e. The second kappa shape index (κ2) is 13.3. The van der Waals surface area contributed by atoms with Crippen LogP contribution in [0.4, 0.5) is 10.2 Å². The van der Waals surface area contributed by atoms with Gasteiger partial charge in [0.2, 0.25) is 5.95 Å². The molecule has 1 atom stereocenters. The first-order valence-electron chi connectivity index (χ1n) is 11.9. The molecule has 9 heteroatoms. The van der Waals surface area contributed by atoms with Gasteiger partial charge in [0.05, 0.1) is 24.9 Å². The van der Waals surface area contributed by atoms with Gasteiger partial charge in [0.25, 0.3) is 0 Å². The van der Waals surface area contributed by atoms with Crippen LogP contribution < -0.4 is 9.64 Å². The number of ether oxygens (including phenoxy) is 1. The van der Waals surface area contributed by atoms with E-state index in [1.807, 2.05) is 30.0 Å². The van der Waals surface area contributed by atoms with Crippen molar-refractivity contribution in [1.29, 1.82) is 0 Å². The Morgan fingerprint density at radius 3 is 2.89 bits per heavy atom. The van der Waals surface area contributed by atoms with Crippen molar-refractivity contribution in [2.24, 2.45) is 9.98 Å². The van der Waals surface area contributed by atoms with Crippen LogP contribution >= 0.6 is 0 Å². The van der Waals surface area contributed by atoms with Gasteiger partial charge in [0.1, 0.15) is 11.6 Å². The summed E-state index contributed by atoms with van der Waals surface area (Å²) < 4.78 is 20.1. The van der Waals surface area contributed by atoms with E-state index < -0.39 is 11.9 Å². The Morgan fingerprint density at radius 1 is 1.31 bits per heavy atom. The van der Waals surface area contributed by atoms with Gasteiger partial charge in [0, 0.05) is 55.2 Å². The molecule has 35 heavy (non-hydrogen) atoms. The molecule has 1 aliphatic heterocycles. The molecule has 0 aromatic carbocycles. The predicted octanol–water partition coefficient (Wildman–Crippen LogP) is 4.85. The first kappa shape index (κ1) is 26.0. The van der Waals surface area contributed by atoms with Crippen molar-refractivity contribution in [3.05, 3.63) is 59.9 Å². The van der Waals surface area contributed by atoms with Crippen LogP contribution in [0.3, 0.4) is 0 Å². The lowest BCUT2D eigenvalue weighted by molar-refractivity contribution is -0.137. The van der Waals surface area contributed by atoms with E-state index in [1.165, 1.54) is 6.07 Å². The highest BCUT2D eigenvalue weighted by atomic mass is 19.1. The molecule has 1 saturated heterocycles. The van der Waals surface area contributed by atoms with Gasteiger partial charge in [-0.2, -0.15) is 4.39 Å². The van der Waals surface area contributed by atoms with Crippen molar-refractivity contribution in [1.82, 2.24) is 9.97 Å². The fourth-order valence-electron chi connectivity index (χ4n) is 4.02. The Labute approximate surface area is 205 Å². The van der Waals surface area contributed by atoms with Gasteiger partial charge in [-0.15, -0.1) is 0 Å². The highest BCUT2D eigenvalue weighted by molar-refractivity contribution is 6.03. The summed E-state index contributed by atoms with van der Waals surface area (Å²) in [5, 5.41) is 8.69. The third-order valence-electron chi connectivity index (χ3n) is 5.83. The number of hydrogen-bond donors (Lipinski definition) is 1. The number of anilines is 1. The van der Waals surface area contributed by atoms with E-state index in [9.17, 15) is 9.18 Å². The number of piperidine rings is 1. The smallest absolute Gasteiger partial charge is 0.303 e. The molecular formula is C26H32FN5O3. The number of carbonyl (C=O) groups is 1.